The lowest BCUT2D eigenvalue weighted by atomic mass is 9.97. The fourth-order valence-corrected chi connectivity index (χ4v) is 10.3. The van der Waals surface area contributed by atoms with Crippen molar-refractivity contribution in [2.24, 2.45) is 30.0 Å². The van der Waals surface area contributed by atoms with E-state index in [0.29, 0.717) is 0 Å². The molecule has 3 aliphatic heterocycles. The lowest BCUT2D eigenvalue weighted by Gasteiger charge is -2.26. The van der Waals surface area contributed by atoms with E-state index in [9.17, 15) is 0 Å². The van der Waals surface area contributed by atoms with Crippen LogP contribution in [0, 0.1) is 0 Å². The Morgan fingerprint density at radius 2 is 0.921 bits per heavy atom. The third-order valence-corrected chi connectivity index (χ3v) is 13.1. The van der Waals surface area contributed by atoms with Crippen molar-refractivity contribution in [3.8, 4) is 32.8 Å². The topological polar surface area (TPSA) is 90.3 Å². The molecule has 0 unspecified atom stereocenters. The van der Waals surface area contributed by atoms with Crippen molar-refractivity contribution >= 4 is 60.2 Å². The van der Waals surface area contributed by atoms with Crippen LogP contribution < -0.4 is 37.0 Å². The monoisotopic (exact) mass is 834 g/mol. The first-order valence-corrected chi connectivity index (χ1v) is 22.2. The second kappa shape index (κ2) is 13.4. The van der Waals surface area contributed by atoms with Gasteiger partial charge in [0.25, 0.3) is 0 Å². The van der Waals surface area contributed by atoms with Crippen LogP contribution in [0.15, 0.2) is 176 Å². The van der Waals surface area contributed by atoms with E-state index >= 15 is 0 Å². The Morgan fingerprint density at radius 3 is 1.60 bits per heavy atom. The first-order chi connectivity index (χ1) is 30.4. The van der Waals surface area contributed by atoms with Crippen LogP contribution in [0.2, 0.25) is 0 Å². The van der Waals surface area contributed by atoms with Gasteiger partial charge >= 0.3 is 0 Å². The third-order valence-electron chi connectivity index (χ3n) is 12.0. The summed E-state index contributed by atoms with van der Waals surface area (Å²) in [5.74, 6) is 0. The molecular weight excluding hydrogens is 793 g/mol. The zero-order chi connectivity index (χ0) is 42.8. The van der Waals surface area contributed by atoms with Crippen molar-refractivity contribution in [2.75, 3.05) is 4.90 Å². The van der Waals surface area contributed by atoms with Gasteiger partial charge in [0.15, 0.2) is 0 Å². The van der Waals surface area contributed by atoms with Crippen LogP contribution >= 0.6 is 11.3 Å². The van der Waals surface area contributed by atoms with Crippen molar-refractivity contribution in [3.63, 3.8) is 0 Å². The standard InChI is InChI=1S/C54H42N8S/c1-52(2)56-41-15-11-16-42(48(41)59-52)62(44-27-25-39(47-50(44)61-54(5,6)58-47)36-23-22-35-28-33-12-7-8-13-34(33)29-37(35)30-36)43-26-24-38(46-49(43)60-53(3,4)57-46)31-18-20-32(21-19-31)51-55-40-14-9-10-17-45(40)63-51/h7-30H,1-6H3. The molecule has 0 aliphatic carbocycles. The second-order valence-corrected chi connectivity index (χ2v) is 19.1. The summed E-state index contributed by atoms with van der Waals surface area (Å²) < 4.78 is 1.18. The van der Waals surface area contributed by atoms with Gasteiger partial charge < -0.3 is 4.90 Å². The fourth-order valence-electron chi connectivity index (χ4n) is 9.34. The van der Waals surface area contributed by atoms with Crippen LogP contribution in [-0.2, 0) is 0 Å². The number of anilines is 3. The Hall–Kier alpha value is -7.23. The molecule has 0 bridgehead atoms. The molecule has 63 heavy (non-hydrogen) atoms. The third kappa shape index (κ3) is 6.29. The number of hydrogen-bond donors (Lipinski definition) is 0. The molecule has 1 aromatic heterocycles. The van der Waals surface area contributed by atoms with Gasteiger partial charge in [-0.15, -0.1) is 11.3 Å². The molecule has 0 saturated carbocycles. The van der Waals surface area contributed by atoms with Crippen molar-refractivity contribution in [1.29, 1.82) is 0 Å². The summed E-state index contributed by atoms with van der Waals surface area (Å²) in [6.07, 6.45) is 0. The molecule has 304 valence electrons. The minimum absolute atomic E-state index is 0.607. The molecule has 0 fully saturated rings. The number of nitrogens with zero attached hydrogens (tertiary/aromatic N) is 8. The first-order valence-electron chi connectivity index (χ1n) is 21.4. The van der Waals surface area contributed by atoms with E-state index in [1.165, 1.54) is 26.2 Å². The molecule has 0 saturated heterocycles. The van der Waals surface area contributed by atoms with Gasteiger partial charge in [-0.3, -0.25) is 30.0 Å². The van der Waals surface area contributed by atoms with Crippen LogP contribution in [0.4, 0.5) is 17.1 Å². The van der Waals surface area contributed by atoms with Crippen LogP contribution in [0.3, 0.4) is 0 Å². The van der Waals surface area contributed by atoms with E-state index in [1.807, 2.05) is 26.0 Å². The van der Waals surface area contributed by atoms with E-state index < -0.39 is 17.0 Å². The lowest BCUT2D eigenvalue weighted by molar-refractivity contribution is 0.549. The summed E-state index contributed by atoms with van der Waals surface area (Å²) in [5, 5.41) is 10.9. The van der Waals surface area contributed by atoms with Crippen LogP contribution in [-0.4, -0.2) is 22.0 Å². The van der Waals surface area contributed by atoms with Crippen LogP contribution in [0.1, 0.15) is 41.5 Å². The van der Waals surface area contributed by atoms with Gasteiger partial charge in [0.05, 0.1) is 43.4 Å². The summed E-state index contributed by atoms with van der Waals surface area (Å²) >= 11 is 1.71. The summed E-state index contributed by atoms with van der Waals surface area (Å²) in [6.45, 7) is 12.4. The second-order valence-electron chi connectivity index (χ2n) is 18.1. The molecule has 3 aliphatic rings. The summed E-state index contributed by atoms with van der Waals surface area (Å²) in [5.41, 5.74) is 7.00. The molecule has 4 heterocycles. The molecule has 12 rings (SSSR count). The van der Waals surface area contributed by atoms with Crippen molar-refractivity contribution in [3.05, 3.63) is 178 Å². The minimum Gasteiger partial charge on any atom is -0.304 e. The molecule has 0 amide bonds. The average Bonchev–Trinajstić information content (AvgIpc) is 4.02. The summed E-state index contributed by atoms with van der Waals surface area (Å²) in [4.78, 5) is 38.8. The number of rotatable bonds is 6. The Bertz CT molecular complexity index is 3810. The highest BCUT2D eigenvalue weighted by Gasteiger charge is 2.31. The van der Waals surface area contributed by atoms with Crippen LogP contribution in [0.5, 0.6) is 0 Å². The number of hydrogen-bond acceptors (Lipinski definition) is 9. The first kappa shape index (κ1) is 37.5. The highest BCUT2D eigenvalue weighted by Crippen LogP contribution is 2.35. The molecule has 0 atom stereocenters. The fraction of sp³-hybridized carbons (Fsp3) is 0.167. The molecule has 0 spiro atoms. The maximum absolute atomic E-state index is 5.38. The van der Waals surface area contributed by atoms with Crippen LogP contribution in [0.25, 0.3) is 64.6 Å². The van der Waals surface area contributed by atoms with Gasteiger partial charge in [-0.25, -0.2) is 4.98 Å². The van der Waals surface area contributed by atoms with E-state index in [2.05, 4.69) is 166 Å². The number of thiazole rings is 1. The number of aromatic nitrogens is 1. The van der Waals surface area contributed by atoms with Gasteiger partial charge in [-0.2, -0.15) is 0 Å². The normalized spacial score (nSPS) is 16.0. The predicted octanol–water partition coefficient (Wildman–Crippen LogP) is 10.0. The molecule has 9 heteroatoms. The smallest absolute Gasteiger partial charge is 0.146 e. The number of fused-ring (bicyclic) bond motifs is 6. The molecule has 8 nitrogen and oxygen atoms in total. The quantitative estimate of drug-likeness (QED) is 0.156. The highest BCUT2D eigenvalue weighted by atomic mass is 32.1. The van der Waals surface area contributed by atoms with Gasteiger partial charge in [0.2, 0.25) is 0 Å². The molecular formula is C54H42N8S. The van der Waals surface area contributed by atoms with Gasteiger partial charge in [-0.1, -0.05) is 78.9 Å². The predicted molar refractivity (Wildman–Crippen MR) is 255 cm³/mol. The average molecular weight is 835 g/mol. The van der Waals surface area contributed by atoms with Gasteiger partial charge in [-0.05, 0) is 141 Å². The van der Waals surface area contributed by atoms with Crippen molar-refractivity contribution < 1.29 is 0 Å². The lowest BCUT2D eigenvalue weighted by Crippen LogP contribution is -2.38. The Labute approximate surface area is 367 Å². The minimum atomic E-state index is -0.685. The summed E-state index contributed by atoms with van der Waals surface area (Å²) in [6, 6.07) is 51.7. The number of para-hydroxylation sites is 2. The highest BCUT2D eigenvalue weighted by molar-refractivity contribution is 7.21. The Kier molecular flexibility index (Phi) is 7.97. The Morgan fingerprint density at radius 1 is 0.397 bits per heavy atom. The van der Waals surface area contributed by atoms with E-state index in [-0.39, 0.29) is 0 Å². The Balaban J connectivity index is 1.06. The van der Waals surface area contributed by atoms with Gasteiger partial charge in [0.1, 0.15) is 38.1 Å². The molecule has 0 N–H and O–H groups in total. The maximum Gasteiger partial charge on any atom is 0.146 e. The van der Waals surface area contributed by atoms with E-state index in [1.54, 1.807) is 11.3 Å². The van der Waals surface area contributed by atoms with Crippen molar-refractivity contribution in [1.82, 2.24) is 4.98 Å². The zero-order valence-corrected chi connectivity index (χ0v) is 36.7. The zero-order valence-electron chi connectivity index (χ0n) is 35.8. The maximum atomic E-state index is 5.38. The van der Waals surface area contributed by atoms with E-state index in [4.69, 9.17) is 34.9 Å². The molecule has 8 aromatic carbocycles. The van der Waals surface area contributed by atoms with E-state index in [0.717, 1.165) is 87.5 Å². The largest absolute Gasteiger partial charge is 0.304 e. The van der Waals surface area contributed by atoms with Gasteiger partial charge in [0, 0.05) is 16.7 Å². The molecule has 0 radical (unpaired) electrons. The SMILES string of the molecule is CC1(C)N=c2cccc(N(c3ccc(-c4ccc(-c5nc6ccccc6s5)cc4)c4c3=NC(C)(C)N=4)c3ccc(-c4ccc5cc6ccccc6cc5c4)c4c3=NC(C)(C)N=4)c2=N1. The van der Waals surface area contributed by atoms with Crippen molar-refractivity contribution in [2.45, 2.75) is 58.5 Å². The molecule has 9 aromatic rings. The summed E-state index contributed by atoms with van der Waals surface area (Å²) in [7, 11) is 0. The number of benzene rings is 8.